The quantitative estimate of drug-likeness (QED) is 0.533. The van der Waals surface area contributed by atoms with Crippen LogP contribution in [0.3, 0.4) is 0 Å². The third-order valence-corrected chi connectivity index (χ3v) is 4.47. The summed E-state index contributed by atoms with van der Waals surface area (Å²) in [6.45, 7) is 8.36. The second-order valence-electron chi connectivity index (χ2n) is 6.67. The number of likely N-dealkylation sites (tertiary alicyclic amines) is 1. The number of halogens is 3. The molecule has 1 aromatic rings. The van der Waals surface area contributed by atoms with Crippen molar-refractivity contribution in [2.45, 2.75) is 33.0 Å². The Balaban J connectivity index is 1.82. The molecule has 0 aliphatic carbocycles. The molecular weight excluding hydrogens is 357 g/mol. The van der Waals surface area contributed by atoms with Gasteiger partial charge in [0, 0.05) is 19.6 Å². The summed E-state index contributed by atoms with van der Waals surface area (Å²) in [5.74, 6) is 1.58. The van der Waals surface area contributed by atoms with Crippen LogP contribution in [0.15, 0.2) is 29.3 Å². The van der Waals surface area contributed by atoms with E-state index in [1.54, 1.807) is 12.1 Å². The molecule has 0 saturated carbocycles. The van der Waals surface area contributed by atoms with Gasteiger partial charge in [0.1, 0.15) is 5.75 Å². The van der Waals surface area contributed by atoms with Gasteiger partial charge in [0.2, 0.25) is 0 Å². The Hall–Kier alpha value is -1.96. The Morgan fingerprint density at radius 3 is 2.56 bits per heavy atom. The molecule has 1 heterocycles. The molecule has 27 heavy (non-hydrogen) atoms. The number of alkyl halides is 3. The van der Waals surface area contributed by atoms with Crippen LogP contribution in [-0.2, 0) is 6.54 Å². The zero-order valence-corrected chi connectivity index (χ0v) is 16.0. The van der Waals surface area contributed by atoms with E-state index in [0.29, 0.717) is 12.5 Å². The molecule has 5 nitrogen and oxygen atoms in total. The molecule has 1 aliphatic rings. The molecule has 1 atom stereocenters. The van der Waals surface area contributed by atoms with Crippen molar-refractivity contribution in [1.29, 1.82) is 0 Å². The lowest BCUT2D eigenvalue weighted by atomic mass is 10.1. The third kappa shape index (κ3) is 8.07. The van der Waals surface area contributed by atoms with Crippen LogP contribution in [0.4, 0.5) is 13.2 Å². The van der Waals surface area contributed by atoms with Gasteiger partial charge in [-0.1, -0.05) is 19.1 Å². The molecule has 1 aromatic carbocycles. The monoisotopic (exact) mass is 386 g/mol. The molecular formula is C19H29F3N4O. The highest BCUT2D eigenvalue weighted by molar-refractivity contribution is 5.79. The van der Waals surface area contributed by atoms with E-state index in [9.17, 15) is 13.2 Å². The smallest absolute Gasteiger partial charge is 0.422 e. The van der Waals surface area contributed by atoms with Gasteiger partial charge >= 0.3 is 6.18 Å². The lowest BCUT2D eigenvalue weighted by Crippen LogP contribution is -2.40. The predicted molar refractivity (Wildman–Crippen MR) is 101 cm³/mol. The van der Waals surface area contributed by atoms with E-state index in [0.717, 1.165) is 44.2 Å². The third-order valence-electron chi connectivity index (χ3n) is 4.47. The lowest BCUT2D eigenvalue weighted by Gasteiger charge is -2.16. The normalized spacial score (nSPS) is 18.6. The highest BCUT2D eigenvalue weighted by atomic mass is 19.4. The molecule has 152 valence electrons. The summed E-state index contributed by atoms with van der Waals surface area (Å²) in [6, 6.07) is 6.54. The van der Waals surface area contributed by atoms with Gasteiger partial charge < -0.3 is 20.3 Å². The minimum Gasteiger partial charge on any atom is -0.484 e. The lowest BCUT2D eigenvalue weighted by molar-refractivity contribution is -0.153. The fourth-order valence-corrected chi connectivity index (χ4v) is 2.98. The van der Waals surface area contributed by atoms with Crippen LogP contribution < -0.4 is 15.4 Å². The van der Waals surface area contributed by atoms with Crippen LogP contribution in [-0.4, -0.2) is 56.4 Å². The molecule has 1 saturated heterocycles. The molecule has 1 aliphatic heterocycles. The van der Waals surface area contributed by atoms with Gasteiger partial charge in [0.05, 0.1) is 6.54 Å². The highest BCUT2D eigenvalue weighted by Crippen LogP contribution is 2.19. The molecule has 0 spiro atoms. The van der Waals surface area contributed by atoms with E-state index >= 15 is 0 Å². The molecule has 8 heteroatoms. The first-order valence-corrected chi connectivity index (χ1v) is 9.42. The summed E-state index contributed by atoms with van der Waals surface area (Å²) >= 11 is 0. The summed E-state index contributed by atoms with van der Waals surface area (Å²) < 4.78 is 41.2. The first-order valence-electron chi connectivity index (χ1n) is 9.42. The molecule has 1 fully saturated rings. The minimum atomic E-state index is -4.33. The Kier molecular flexibility index (Phi) is 8.22. The van der Waals surface area contributed by atoms with Crippen molar-refractivity contribution >= 4 is 5.96 Å². The Bertz CT molecular complexity index is 590. The van der Waals surface area contributed by atoms with Crippen LogP contribution in [0, 0.1) is 5.92 Å². The summed E-state index contributed by atoms with van der Waals surface area (Å²) in [5.41, 5.74) is 0.907. The summed E-state index contributed by atoms with van der Waals surface area (Å²) in [5, 5.41) is 6.61. The summed E-state index contributed by atoms with van der Waals surface area (Å²) in [4.78, 5) is 7.00. The van der Waals surface area contributed by atoms with Crippen molar-refractivity contribution in [3.8, 4) is 5.75 Å². The topological polar surface area (TPSA) is 48.9 Å². The Morgan fingerprint density at radius 1 is 1.22 bits per heavy atom. The number of benzene rings is 1. The van der Waals surface area contributed by atoms with E-state index < -0.39 is 12.8 Å². The number of nitrogens with zero attached hydrogens (tertiary/aromatic N) is 2. The molecule has 1 unspecified atom stereocenters. The van der Waals surface area contributed by atoms with E-state index in [2.05, 4.69) is 27.4 Å². The molecule has 0 amide bonds. The van der Waals surface area contributed by atoms with Crippen LogP contribution in [0.25, 0.3) is 0 Å². The molecule has 0 bridgehead atoms. The second kappa shape index (κ2) is 10.4. The maximum Gasteiger partial charge on any atom is 0.422 e. The van der Waals surface area contributed by atoms with Gasteiger partial charge in [-0.15, -0.1) is 0 Å². The molecule has 0 aromatic heterocycles. The largest absolute Gasteiger partial charge is 0.484 e. The first-order chi connectivity index (χ1) is 12.9. The van der Waals surface area contributed by atoms with Crippen molar-refractivity contribution in [2.75, 3.05) is 39.3 Å². The zero-order chi connectivity index (χ0) is 19.7. The van der Waals surface area contributed by atoms with Crippen molar-refractivity contribution in [3.63, 3.8) is 0 Å². The summed E-state index contributed by atoms with van der Waals surface area (Å²) in [6.07, 6.45) is -3.14. The maximum atomic E-state index is 12.2. The second-order valence-corrected chi connectivity index (χ2v) is 6.67. The average molecular weight is 386 g/mol. The van der Waals surface area contributed by atoms with Gasteiger partial charge in [-0.2, -0.15) is 13.2 Å². The summed E-state index contributed by atoms with van der Waals surface area (Å²) in [7, 11) is 0. The van der Waals surface area contributed by atoms with Crippen molar-refractivity contribution in [2.24, 2.45) is 10.9 Å². The Morgan fingerprint density at radius 2 is 1.96 bits per heavy atom. The van der Waals surface area contributed by atoms with Crippen LogP contribution in [0.2, 0.25) is 0 Å². The molecule has 0 radical (unpaired) electrons. The highest BCUT2D eigenvalue weighted by Gasteiger charge is 2.28. The Labute approximate surface area is 159 Å². The van der Waals surface area contributed by atoms with E-state index in [4.69, 9.17) is 4.74 Å². The number of hydrogen-bond acceptors (Lipinski definition) is 3. The van der Waals surface area contributed by atoms with Crippen molar-refractivity contribution in [1.82, 2.24) is 15.5 Å². The van der Waals surface area contributed by atoms with Gasteiger partial charge in [0.15, 0.2) is 12.6 Å². The fraction of sp³-hybridized carbons (Fsp3) is 0.632. The number of ether oxygens (including phenoxy) is 1. The van der Waals surface area contributed by atoms with Gasteiger partial charge in [-0.05, 0) is 50.0 Å². The first kappa shape index (κ1) is 21.3. The zero-order valence-electron chi connectivity index (χ0n) is 16.0. The van der Waals surface area contributed by atoms with E-state index in [-0.39, 0.29) is 5.75 Å². The predicted octanol–water partition coefficient (Wildman–Crippen LogP) is 3.02. The van der Waals surface area contributed by atoms with Crippen LogP contribution in [0.1, 0.15) is 25.8 Å². The number of rotatable bonds is 8. The van der Waals surface area contributed by atoms with Crippen LogP contribution in [0.5, 0.6) is 5.75 Å². The fourth-order valence-electron chi connectivity index (χ4n) is 2.98. The van der Waals surface area contributed by atoms with E-state index in [1.807, 2.05) is 6.92 Å². The molecule has 2 rings (SSSR count). The molecule has 2 N–H and O–H groups in total. The average Bonchev–Trinajstić information content (AvgIpc) is 3.10. The van der Waals surface area contributed by atoms with E-state index in [1.165, 1.54) is 18.6 Å². The SMILES string of the molecule is CCNC(=NCc1ccc(OCC(F)(F)F)cc1)NCC1CCN(CC)C1. The van der Waals surface area contributed by atoms with Crippen LogP contribution >= 0.6 is 0 Å². The van der Waals surface area contributed by atoms with Crippen molar-refractivity contribution < 1.29 is 17.9 Å². The number of guanidine groups is 1. The number of nitrogens with one attached hydrogen (secondary N) is 2. The van der Waals surface area contributed by atoms with Gasteiger partial charge in [0.25, 0.3) is 0 Å². The van der Waals surface area contributed by atoms with Gasteiger partial charge in [-0.3, -0.25) is 0 Å². The van der Waals surface area contributed by atoms with Gasteiger partial charge in [-0.25, -0.2) is 4.99 Å². The number of aliphatic imine (C=N–C) groups is 1. The maximum absolute atomic E-state index is 12.2. The number of hydrogen-bond donors (Lipinski definition) is 2. The van der Waals surface area contributed by atoms with Crippen molar-refractivity contribution in [3.05, 3.63) is 29.8 Å². The standard InChI is InChI=1S/C19H29F3N4O/c1-3-23-18(25-12-16-9-10-26(4-2)13-16)24-11-15-5-7-17(8-6-15)27-14-19(20,21)22/h5-8,16H,3-4,9-14H2,1-2H3,(H2,23,24,25). The minimum absolute atomic E-state index is 0.201.